The van der Waals surface area contributed by atoms with Crippen molar-refractivity contribution in [2.75, 3.05) is 25.4 Å². The lowest BCUT2D eigenvalue weighted by Crippen LogP contribution is -2.52. The van der Waals surface area contributed by atoms with E-state index < -0.39 is 36.0 Å². The highest BCUT2D eigenvalue weighted by atomic mass is 35.5. The number of halogens is 1. The van der Waals surface area contributed by atoms with E-state index in [9.17, 15) is 19.5 Å². The Labute approximate surface area is 230 Å². The summed E-state index contributed by atoms with van der Waals surface area (Å²) in [5.74, 6) is -1.50. The van der Waals surface area contributed by atoms with Gasteiger partial charge in [-0.25, -0.2) is 9.21 Å². The Kier molecular flexibility index (Phi) is 9.03. The van der Waals surface area contributed by atoms with Crippen LogP contribution in [0.4, 0.5) is 5.69 Å². The molecule has 4 rings (SSSR count). The van der Waals surface area contributed by atoms with Gasteiger partial charge in [0.15, 0.2) is 12.2 Å². The van der Waals surface area contributed by atoms with Crippen molar-refractivity contribution >= 4 is 35.2 Å². The summed E-state index contributed by atoms with van der Waals surface area (Å²) in [6.07, 6.45) is -2.72. The first-order chi connectivity index (χ1) is 18.8. The number of aliphatic carboxylic acids is 1. The Morgan fingerprint density at radius 1 is 0.949 bits per heavy atom. The van der Waals surface area contributed by atoms with Gasteiger partial charge in [-0.3, -0.25) is 9.59 Å². The molecule has 0 spiro atoms. The van der Waals surface area contributed by atoms with Crippen molar-refractivity contribution in [3.05, 3.63) is 78.4 Å². The van der Waals surface area contributed by atoms with Gasteiger partial charge in [0.1, 0.15) is 24.3 Å². The lowest BCUT2D eigenvalue weighted by molar-refractivity contribution is -0.144. The fraction of sp³-hybridized carbons (Fsp3) is 0.250. The van der Waals surface area contributed by atoms with Crippen molar-refractivity contribution in [3.8, 4) is 22.6 Å². The van der Waals surface area contributed by atoms with Crippen LogP contribution in [0, 0.1) is 0 Å². The monoisotopic (exact) mass is 554 g/mol. The Bertz CT molecular complexity index is 1300. The summed E-state index contributed by atoms with van der Waals surface area (Å²) in [6, 6.07) is 19.7. The second kappa shape index (κ2) is 12.6. The molecular formula is C28H27ClN2O8. The van der Waals surface area contributed by atoms with Crippen molar-refractivity contribution < 1.29 is 38.4 Å². The molecule has 0 radical (unpaired) electrons. The Balaban J connectivity index is 1.45. The number of para-hydroxylation sites is 1. The summed E-state index contributed by atoms with van der Waals surface area (Å²) >= 11 is 6.17. The zero-order chi connectivity index (χ0) is 27.9. The molecule has 0 saturated carbocycles. The number of carboxylic acid groups (broad SMARTS) is 1. The SMILES string of the molecule is COc1cccc(OC)c1-c1ccc(CC(NC(=O)[C@@H]2OCO[C@H]2C(=O)N(Cl)c2ccccc2)C(=O)O)cc1. The molecule has 2 amide bonds. The Hall–Kier alpha value is -4.12. The maximum absolute atomic E-state index is 13.0. The van der Waals surface area contributed by atoms with Crippen LogP contribution in [0.1, 0.15) is 5.56 Å². The summed E-state index contributed by atoms with van der Waals surface area (Å²) in [6.45, 7) is -0.320. The van der Waals surface area contributed by atoms with E-state index in [2.05, 4.69) is 5.32 Å². The highest BCUT2D eigenvalue weighted by Crippen LogP contribution is 2.38. The molecule has 3 atom stereocenters. The second-order valence-corrected chi connectivity index (χ2v) is 8.92. The Morgan fingerprint density at radius 2 is 1.56 bits per heavy atom. The molecule has 3 aromatic rings. The first-order valence-corrected chi connectivity index (χ1v) is 12.3. The van der Waals surface area contributed by atoms with E-state index in [0.717, 1.165) is 15.5 Å². The number of ether oxygens (including phenoxy) is 4. The van der Waals surface area contributed by atoms with Crippen LogP contribution in [0.15, 0.2) is 72.8 Å². The molecule has 0 aliphatic carbocycles. The van der Waals surface area contributed by atoms with Gasteiger partial charge in [-0.15, -0.1) is 0 Å². The molecule has 1 saturated heterocycles. The van der Waals surface area contributed by atoms with Gasteiger partial charge in [-0.2, -0.15) is 0 Å². The average molecular weight is 555 g/mol. The van der Waals surface area contributed by atoms with Gasteiger partial charge in [0, 0.05) is 18.2 Å². The molecule has 1 aliphatic rings. The van der Waals surface area contributed by atoms with Gasteiger partial charge in [-0.1, -0.05) is 48.5 Å². The predicted molar refractivity (Wildman–Crippen MR) is 143 cm³/mol. The van der Waals surface area contributed by atoms with E-state index >= 15 is 0 Å². The number of rotatable bonds is 10. The van der Waals surface area contributed by atoms with Crippen LogP contribution in [0.5, 0.6) is 11.5 Å². The van der Waals surface area contributed by atoms with Crippen LogP contribution in [0.3, 0.4) is 0 Å². The minimum Gasteiger partial charge on any atom is -0.496 e. The molecule has 39 heavy (non-hydrogen) atoms. The van der Waals surface area contributed by atoms with Crippen molar-refractivity contribution in [2.45, 2.75) is 24.7 Å². The lowest BCUT2D eigenvalue weighted by Gasteiger charge is -2.22. The first kappa shape index (κ1) is 27.9. The van der Waals surface area contributed by atoms with Crippen LogP contribution in [0.2, 0.25) is 0 Å². The van der Waals surface area contributed by atoms with Gasteiger partial charge >= 0.3 is 5.97 Å². The number of nitrogens with one attached hydrogen (secondary N) is 1. The summed E-state index contributed by atoms with van der Waals surface area (Å²) in [7, 11) is 3.13. The zero-order valence-electron chi connectivity index (χ0n) is 21.2. The standard InChI is InChI=1S/C28H27ClN2O8/c1-36-21-9-6-10-22(37-2)23(21)18-13-11-17(12-14-18)15-20(28(34)35)30-26(32)24-25(39-16-38-24)27(33)31(29)19-7-4-3-5-8-19/h3-14,20,24-25H,15-16H2,1-2H3,(H,30,32)(H,34,35)/t20?,24-,25-/m1/s1. The van der Waals surface area contributed by atoms with Gasteiger partial charge < -0.3 is 29.4 Å². The normalized spacial score (nSPS) is 17.2. The molecule has 1 fully saturated rings. The fourth-order valence-corrected chi connectivity index (χ4v) is 4.41. The van der Waals surface area contributed by atoms with Crippen LogP contribution in [-0.4, -0.2) is 62.2 Å². The molecule has 1 unspecified atom stereocenters. The summed E-state index contributed by atoms with van der Waals surface area (Å²) in [5, 5.41) is 12.2. The molecule has 0 aromatic heterocycles. The molecule has 0 bridgehead atoms. The molecule has 3 aromatic carbocycles. The average Bonchev–Trinajstić information content (AvgIpc) is 3.46. The van der Waals surface area contributed by atoms with E-state index in [4.69, 9.17) is 30.7 Å². The lowest BCUT2D eigenvalue weighted by atomic mass is 9.99. The van der Waals surface area contributed by atoms with Gasteiger partial charge in [0.05, 0.1) is 25.5 Å². The first-order valence-electron chi connectivity index (χ1n) is 12.0. The van der Waals surface area contributed by atoms with Crippen LogP contribution in [-0.2, 0) is 30.3 Å². The maximum Gasteiger partial charge on any atom is 0.326 e. The maximum atomic E-state index is 13.0. The number of amides is 2. The number of carbonyl (C=O) groups excluding carboxylic acids is 2. The smallest absolute Gasteiger partial charge is 0.326 e. The van der Waals surface area contributed by atoms with Crippen LogP contribution >= 0.6 is 11.8 Å². The van der Waals surface area contributed by atoms with Crippen molar-refractivity contribution in [2.24, 2.45) is 0 Å². The van der Waals surface area contributed by atoms with E-state index in [0.29, 0.717) is 22.7 Å². The van der Waals surface area contributed by atoms with Crippen molar-refractivity contribution in [1.29, 1.82) is 0 Å². The van der Waals surface area contributed by atoms with E-state index in [1.165, 1.54) is 0 Å². The molecule has 204 valence electrons. The van der Waals surface area contributed by atoms with E-state index in [1.807, 2.05) is 30.3 Å². The second-order valence-electron chi connectivity index (χ2n) is 8.58. The minimum atomic E-state index is -1.37. The minimum absolute atomic E-state index is 0.0117. The molecule has 1 heterocycles. The highest BCUT2D eigenvalue weighted by Gasteiger charge is 2.43. The van der Waals surface area contributed by atoms with Crippen LogP contribution in [0.25, 0.3) is 11.1 Å². The number of carbonyl (C=O) groups is 3. The van der Waals surface area contributed by atoms with Crippen LogP contribution < -0.4 is 19.2 Å². The number of carboxylic acids is 1. The molecule has 11 heteroatoms. The van der Waals surface area contributed by atoms with E-state index in [-0.39, 0.29) is 13.2 Å². The molecule has 1 aliphatic heterocycles. The number of anilines is 1. The zero-order valence-corrected chi connectivity index (χ0v) is 22.0. The van der Waals surface area contributed by atoms with Gasteiger partial charge in [0.25, 0.3) is 11.8 Å². The topological polar surface area (TPSA) is 124 Å². The largest absolute Gasteiger partial charge is 0.496 e. The van der Waals surface area contributed by atoms with E-state index in [1.54, 1.807) is 56.7 Å². The third-order valence-electron chi connectivity index (χ3n) is 6.17. The molecule has 10 nitrogen and oxygen atoms in total. The molecule has 2 N–H and O–H groups in total. The highest BCUT2D eigenvalue weighted by molar-refractivity contribution is 6.37. The quantitative estimate of drug-likeness (QED) is 0.365. The molecular weight excluding hydrogens is 528 g/mol. The number of methoxy groups -OCH3 is 2. The predicted octanol–water partition coefficient (Wildman–Crippen LogP) is 3.41. The fourth-order valence-electron chi connectivity index (χ4n) is 4.21. The van der Waals surface area contributed by atoms with Gasteiger partial charge in [0.2, 0.25) is 0 Å². The van der Waals surface area contributed by atoms with Crippen molar-refractivity contribution in [3.63, 3.8) is 0 Å². The number of hydrogen-bond acceptors (Lipinski definition) is 7. The third-order valence-corrected chi connectivity index (χ3v) is 6.53. The summed E-state index contributed by atoms with van der Waals surface area (Å²) < 4.78 is 22.4. The summed E-state index contributed by atoms with van der Waals surface area (Å²) in [5.41, 5.74) is 2.62. The Morgan fingerprint density at radius 3 is 2.15 bits per heavy atom. The number of hydrogen-bond donors (Lipinski definition) is 2. The number of benzene rings is 3. The third kappa shape index (κ3) is 6.31. The van der Waals surface area contributed by atoms with Crippen molar-refractivity contribution in [1.82, 2.24) is 5.32 Å². The summed E-state index contributed by atoms with van der Waals surface area (Å²) in [4.78, 5) is 37.9. The van der Waals surface area contributed by atoms with Gasteiger partial charge in [-0.05, 0) is 35.4 Å². The number of nitrogens with zero attached hydrogens (tertiary/aromatic N) is 1.